The van der Waals surface area contributed by atoms with E-state index in [1.165, 1.54) is 5.56 Å². The van der Waals surface area contributed by atoms with Crippen LogP contribution in [0.4, 0.5) is 5.69 Å². The maximum atomic E-state index is 5.67. The molecule has 2 aliphatic rings. The van der Waals surface area contributed by atoms with Crippen molar-refractivity contribution in [3.05, 3.63) is 29.8 Å². The minimum absolute atomic E-state index is 0.226. The van der Waals surface area contributed by atoms with E-state index in [0.717, 1.165) is 38.4 Å². The van der Waals surface area contributed by atoms with Crippen LogP contribution in [-0.2, 0) is 6.54 Å². The van der Waals surface area contributed by atoms with Gasteiger partial charge in [0.2, 0.25) is 0 Å². The van der Waals surface area contributed by atoms with Crippen LogP contribution in [0.25, 0.3) is 0 Å². The molecule has 0 atom stereocenters. The second kappa shape index (κ2) is 6.76. The highest BCUT2D eigenvalue weighted by Gasteiger charge is 2.16. The summed E-state index contributed by atoms with van der Waals surface area (Å²) in [5, 5.41) is 11.6. The molecule has 1 aromatic carbocycles. The Labute approximate surface area is 135 Å². The van der Waals surface area contributed by atoms with Crippen molar-refractivity contribution in [3.63, 3.8) is 0 Å². The van der Waals surface area contributed by atoms with Gasteiger partial charge in [0.15, 0.2) is 17.4 Å². The van der Waals surface area contributed by atoms with Crippen LogP contribution >= 0.6 is 0 Å². The molecule has 3 rings (SSSR count). The predicted octanol–water partition coefficient (Wildman–Crippen LogP) is -0.155. The van der Waals surface area contributed by atoms with Gasteiger partial charge in [0, 0.05) is 32.7 Å². The van der Waals surface area contributed by atoms with Crippen molar-refractivity contribution in [2.75, 3.05) is 38.7 Å². The van der Waals surface area contributed by atoms with Crippen LogP contribution in [0, 0.1) is 0 Å². The molecule has 2 aliphatic heterocycles. The third kappa shape index (κ3) is 3.85. The first kappa shape index (κ1) is 15.4. The van der Waals surface area contributed by atoms with Crippen molar-refractivity contribution < 1.29 is 0 Å². The van der Waals surface area contributed by atoms with Gasteiger partial charge in [-0.05, 0) is 24.7 Å². The van der Waals surface area contributed by atoms with Gasteiger partial charge in [-0.15, -0.1) is 10.2 Å². The van der Waals surface area contributed by atoms with Crippen molar-refractivity contribution in [2.45, 2.75) is 6.54 Å². The number of hydrogen-bond acceptors (Lipinski definition) is 8. The summed E-state index contributed by atoms with van der Waals surface area (Å²) in [6.07, 6.45) is 0. The second-order valence-corrected chi connectivity index (χ2v) is 5.82. The summed E-state index contributed by atoms with van der Waals surface area (Å²) in [4.78, 5) is 4.81. The van der Waals surface area contributed by atoms with Gasteiger partial charge in [-0.3, -0.25) is 10.3 Å². The van der Waals surface area contributed by atoms with Gasteiger partial charge in [0.1, 0.15) is 0 Å². The van der Waals surface area contributed by atoms with Crippen molar-refractivity contribution >= 4 is 23.1 Å². The van der Waals surface area contributed by atoms with Gasteiger partial charge in [-0.1, -0.05) is 12.1 Å². The van der Waals surface area contributed by atoms with E-state index in [-0.39, 0.29) is 11.7 Å². The van der Waals surface area contributed by atoms with E-state index in [2.05, 4.69) is 49.7 Å². The quantitative estimate of drug-likeness (QED) is 0.670. The highest BCUT2D eigenvalue weighted by atomic mass is 15.4. The summed E-state index contributed by atoms with van der Waals surface area (Å²) < 4.78 is 0. The zero-order valence-corrected chi connectivity index (χ0v) is 13.2. The first-order chi connectivity index (χ1) is 11.1. The number of nitrogens with zero attached hydrogens (tertiary/aromatic N) is 5. The third-order valence-corrected chi connectivity index (χ3v) is 3.98. The van der Waals surface area contributed by atoms with E-state index < -0.39 is 0 Å². The summed E-state index contributed by atoms with van der Waals surface area (Å²) >= 11 is 0. The summed E-state index contributed by atoms with van der Waals surface area (Å²) in [5.74, 6) is 0.451. The lowest BCUT2D eigenvalue weighted by Gasteiger charge is -2.32. The molecule has 0 amide bonds. The molecule has 0 aromatic heterocycles. The first-order valence-electron chi connectivity index (χ1n) is 7.63. The Bertz CT molecular complexity index is 635. The molecule has 0 aliphatic carbocycles. The molecule has 23 heavy (non-hydrogen) atoms. The molecule has 0 saturated carbocycles. The molecule has 0 bridgehead atoms. The fourth-order valence-corrected chi connectivity index (χ4v) is 2.57. The third-order valence-electron chi connectivity index (χ3n) is 3.98. The monoisotopic (exact) mass is 314 g/mol. The van der Waals surface area contributed by atoms with Crippen molar-refractivity contribution in [3.8, 4) is 0 Å². The lowest BCUT2D eigenvalue weighted by atomic mass is 10.2. The standard InChI is InChI=1S/C15H22N8/c1-22-5-7-23(8-6-22)10-11-3-2-4-12(9-11)18-19-13-14(16)20-21-15(13)17/h2-4,9,18H,5-8,10H2,1H3,(H4,16,17,19,20,21). The van der Waals surface area contributed by atoms with E-state index in [4.69, 9.17) is 11.5 Å². The van der Waals surface area contributed by atoms with Crippen LogP contribution in [0.2, 0.25) is 0 Å². The smallest absolute Gasteiger partial charge is 0.177 e. The fraction of sp³-hybridized carbons (Fsp3) is 0.400. The topological polar surface area (TPSA) is 108 Å². The van der Waals surface area contributed by atoms with E-state index in [1.54, 1.807) is 0 Å². The second-order valence-electron chi connectivity index (χ2n) is 5.82. The highest BCUT2D eigenvalue weighted by molar-refractivity contribution is 6.68. The Morgan fingerprint density at radius 3 is 2.52 bits per heavy atom. The molecule has 1 fully saturated rings. The molecule has 5 N–H and O–H groups in total. The number of anilines is 1. The maximum Gasteiger partial charge on any atom is 0.177 e. The van der Waals surface area contributed by atoms with Crippen LogP contribution < -0.4 is 16.9 Å². The average molecular weight is 314 g/mol. The Morgan fingerprint density at radius 2 is 1.83 bits per heavy atom. The molecule has 8 heteroatoms. The number of nitrogens with one attached hydrogen (secondary N) is 1. The van der Waals surface area contributed by atoms with Gasteiger partial charge >= 0.3 is 0 Å². The van der Waals surface area contributed by atoms with Crippen LogP contribution in [0.1, 0.15) is 5.56 Å². The fourth-order valence-electron chi connectivity index (χ4n) is 2.57. The van der Waals surface area contributed by atoms with E-state index in [0.29, 0.717) is 5.71 Å². The Morgan fingerprint density at radius 1 is 1.13 bits per heavy atom. The number of piperazine rings is 1. The summed E-state index contributed by atoms with van der Waals surface area (Å²) in [5.41, 5.74) is 16.8. The van der Waals surface area contributed by atoms with Crippen LogP contribution in [0.15, 0.2) is 39.6 Å². The molecular formula is C15H22N8. The Balaban J connectivity index is 1.63. The largest absolute Gasteiger partial charge is 0.380 e. The molecule has 122 valence electrons. The molecule has 0 unspecified atom stereocenters. The number of hydrogen-bond donors (Lipinski definition) is 3. The number of hydrazone groups is 1. The predicted molar refractivity (Wildman–Crippen MR) is 93.5 cm³/mol. The van der Waals surface area contributed by atoms with E-state index in [1.807, 2.05) is 12.1 Å². The number of likely N-dealkylation sites (N-methyl/N-ethyl adjacent to an activating group) is 1. The summed E-state index contributed by atoms with van der Waals surface area (Å²) in [7, 11) is 2.16. The molecule has 1 aromatic rings. The lowest BCUT2D eigenvalue weighted by Crippen LogP contribution is -2.43. The zero-order chi connectivity index (χ0) is 16.2. The molecule has 1 saturated heterocycles. The van der Waals surface area contributed by atoms with Gasteiger partial charge in [0.25, 0.3) is 0 Å². The van der Waals surface area contributed by atoms with Gasteiger partial charge in [-0.2, -0.15) is 5.10 Å². The van der Waals surface area contributed by atoms with Crippen LogP contribution in [0.5, 0.6) is 0 Å². The van der Waals surface area contributed by atoms with Crippen LogP contribution in [-0.4, -0.2) is 60.4 Å². The SMILES string of the molecule is CN1CCN(Cc2cccc(NN=C3C(N)=NN=C3N)c2)CC1. The number of nitrogens with two attached hydrogens (primary N) is 2. The van der Waals surface area contributed by atoms with Crippen molar-refractivity contribution in [1.29, 1.82) is 0 Å². The molecule has 0 radical (unpaired) electrons. The first-order valence-corrected chi connectivity index (χ1v) is 7.63. The number of rotatable bonds is 4. The molecule has 8 nitrogen and oxygen atoms in total. The number of benzene rings is 1. The lowest BCUT2D eigenvalue weighted by molar-refractivity contribution is 0.148. The van der Waals surface area contributed by atoms with Crippen LogP contribution in [0.3, 0.4) is 0 Å². The van der Waals surface area contributed by atoms with Gasteiger partial charge < -0.3 is 16.4 Å². The van der Waals surface area contributed by atoms with Crippen molar-refractivity contribution in [1.82, 2.24) is 9.80 Å². The number of amidine groups is 2. The van der Waals surface area contributed by atoms with E-state index >= 15 is 0 Å². The molecule has 2 heterocycles. The van der Waals surface area contributed by atoms with Gasteiger partial charge in [0.05, 0.1) is 5.69 Å². The maximum absolute atomic E-state index is 5.67. The van der Waals surface area contributed by atoms with Gasteiger partial charge in [-0.25, -0.2) is 0 Å². The Hall–Kier alpha value is -2.45. The summed E-state index contributed by atoms with van der Waals surface area (Å²) in [6, 6.07) is 8.17. The molecule has 0 spiro atoms. The Kier molecular flexibility index (Phi) is 4.54. The van der Waals surface area contributed by atoms with Crippen molar-refractivity contribution in [2.24, 2.45) is 26.8 Å². The normalized spacial score (nSPS) is 19.4. The highest BCUT2D eigenvalue weighted by Crippen LogP contribution is 2.14. The van der Waals surface area contributed by atoms with E-state index in [9.17, 15) is 0 Å². The molecular weight excluding hydrogens is 292 g/mol. The average Bonchev–Trinajstić information content (AvgIpc) is 2.87. The minimum atomic E-state index is 0.226. The summed E-state index contributed by atoms with van der Waals surface area (Å²) in [6.45, 7) is 5.35. The minimum Gasteiger partial charge on any atom is -0.380 e. The zero-order valence-electron chi connectivity index (χ0n) is 13.2.